The van der Waals surface area contributed by atoms with Crippen LogP contribution in [0.25, 0.3) is 0 Å². The van der Waals surface area contributed by atoms with Crippen molar-refractivity contribution >= 4 is 11.6 Å². The molecular formula is C13H20ClNO. The molecule has 0 saturated heterocycles. The minimum absolute atomic E-state index is 0.376. The van der Waals surface area contributed by atoms with E-state index in [1.807, 2.05) is 13.1 Å². The van der Waals surface area contributed by atoms with Crippen LogP contribution in [-0.2, 0) is 6.42 Å². The zero-order chi connectivity index (χ0) is 12.1. The number of ether oxygens (including phenoxy) is 1. The molecule has 0 aliphatic carbocycles. The van der Waals surface area contributed by atoms with Gasteiger partial charge in [-0.25, -0.2) is 0 Å². The number of nitrogens with one attached hydrogen (secondary N) is 1. The van der Waals surface area contributed by atoms with E-state index in [4.69, 9.17) is 16.3 Å². The highest BCUT2D eigenvalue weighted by Crippen LogP contribution is 2.34. The minimum Gasteiger partial charge on any atom is -0.496 e. The molecule has 1 aromatic carbocycles. The Morgan fingerprint density at radius 2 is 2.06 bits per heavy atom. The maximum absolute atomic E-state index is 6.29. The summed E-state index contributed by atoms with van der Waals surface area (Å²) in [5.74, 6) is 1.27. The molecule has 1 N–H and O–H groups in total. The summed E-state index contributed by atoms with van der Waals surface area (Å²) in [6.45, 7) is 5.19. The summed E-state index contributed by atoms with van der Waals surface area (Å²) in [5, 5.41) is 3.93. The van der Waals surface area contributed by atoms with Crippen molar-refractivity contribution in [1.29, 1.82) is 0 Å². The average molecular weight is 242 g/mol. The zero-order valence-electron chi connectivity index (χ0n) is 10.4. The lowest BCUT2D eigenvalue weighted by Crippen LogP contribution is -2.10. The number of hydrogen-bond donors (Lipinski definition) is 1. The van der Waals surface area contributed by atoms with Crippen molar-refractivity contribution in [2.45, 2.75) is 26.2 Å². The van der Waals surface area contributed by atoms with Gasteiger partial charge in [-0.05, 0) is 43.6 Å². The maximum atomic E-state index is 6.29. The summed E-state index contributed by atoms with van der Waals surface area (Å²) in [6.07, 6.45) is 0.963. The first-order valence-electron chi connectivity index (χ1n) is 5.61. The molecule has 0 aliphatic rings. The Labute approximate surface area is 103 Å². The molecule has 0 fully saturated rings. The van der Waals surface area contributed by atoms with Gasteiger partial charge in [0.2, 0.25) is 0 Å². The molecule has 0 aliphatic heterocycles. The summed E-state index contributed by atoms with van der Waals surface area (Å²) in [5.41, 5.74) is 2.30. The van der Waals surface area contributed by atoms with Gasteiger partial charge in [-0.15, -0.1) is 0 Å². The Kier molecular flexibility index (Phi) is 5.10. The molecule has 2 nitrogen and oxygen atoms in total. The SMILES string of the molecule is CNCCc1cc(Cl)c(C(C)C)c(OC)c1. The van der Waals surface area contributed by atoms with Gasteiger partial charge in [0.25, 0.3) is 0 Å². The van der Waals surface area contributed by atoms with Crippen LogP contribution >= 0.6 is 11.6 Å². The fraction of sp³-hybridized carbons (Fsp3) is 0.538. The Hall–Kier alpha value is -0.730. The summed E-state index contributed by atoms with van der Waals surface area (Å²) in [7, 11) is 3.64. The Morgan fingerprint density at radius 3 is 2.56 bits per heavy atom. The zero-order valence-corrected chi connectivity index (χ0v) is 11.2. The third-order valence-electron chi connectivity index (χ3n) is 2.61. The van der Waals surface area contributed by atoms with Crippen LogP contribution in [0, 0.1) is 0 Å². The fourth-order valence-electron chi connectivity index (χ4n) is 1.79. The van der Waals surface area contributed by atoms with Gasteiger partial charge in [-0.3, -0.25) is 0 Å². The second-order valence-electron chi connectivity index (χ2n) is 4.20. The van der Waals surface area contributed by atoms with Crippen molar-refractivity contribution in [3.63, 3.8) is 0 Å². The lowest BCUT2D eigenvalue weighted by atomic mass is 9.99. The topological polar surface area (TPSA) is 21.3 Å². The van der Waals surface area contributed by atoms with E-state index in [1.165, 1.54) is 5.56 Å². The quantitative estimate of drug-likeness (QED) is 0.855. The molecule has 1 aromatic rings. The lowest BCUT2D eigenvalue weighted by molar-refractivity contribution is 0.407. The smallest absolute Gasteiger partial charge is 0.124 e. The number of likely N-dealkylation sites (N-methyl/N-ethyl adjacent to an activating group) is 1. The first kappa shape index (κ1) is 13.3. The second-order valence-corrected chi connectivity index (χ2v) is 4.61. The molecule has 90 valence electrons. The lowest BCUT2D eigenvalue weighted by Gasteiger charge is -2.15. The van der Waals surface area contributed by atoms with Crippen LogP contribution in [0.4, 0.5) is 0 Å². The number of halogens is 1. The summed E-state index contributed by atoms with van der Waals surface area (Å²) < 4.78 is 5.40. The van der Waals surface area contributed by atoms with Gasteiger partial charge in [0.1, 0.15) is 5.75 Å². The number of hydrogen-bond acceptors (Lipinski definition) is 2. The standard InChI is InChI=1S/C13H20ClNO/c1-9(2)13-11(14)7-10(5-6-15-3)8-12(13)16-4/h7-9,15H,5-6H2,1-4H3. The maximum Gasteiger partial charge on any atom is 0.124 e. The molecule has 0 radical (unpaired) electrons. The Balaban J connectivity index is 3.06. The number of benzene rings is 1. The molecule has 3 heteroatoms. The van der Waals surface area contributed by atoms with E-state index >= 15 is 0 Å². The highest BCUT2D eigenvalue weighted by Gasteiger charge is 2.13. The van der Waals surface area contributed by atoms with E-state index in [-0.39, 0.29) is 0 Å². The first-order chi connectivity index (χ1) is 7.60. The van der Waals surface area contributed by atoms with Crippen molar-refractivity contribution < 1.29 is 4.74 Å². The molecule has 1 rings (SSSR count). The van der Waals surface area contributed by atoms with Crippen LogP contribution in [0.2, 0.25) is 5.02 Å². The third-order valence-corrected chi connectivity index (χ3v) is 2.93. The highest BCUT2D eigenvalue weighted by molar-refractivity contribution is 6.31. The van der Waals surface area contributed by atoms with E-state index in [2.05, 4.69) is 25.2 Å². The summed E-state index contributed by atoms with van der Waals surface area (Å²) in [6, 6.07) is 4.12. The molecule has 0 bridgehead atoms. The summed E-state index contributed by atoms with van der Waals surface area (Å²) in [4.78, 5) is 0. The Bertz CT molecular complexity index is 350. The molecule has 0 spiro atoms. The van der Waals surface area contributed by atoms with Crippen molar-refractivity contribution in [2.24, 2.45) is 0 Å². The number of rotatable bonds is 5. The number of methoxy groups -OCH3 is 1. The van der Waals surface area contributed by atoms with E-state index in [9.17, 15) is 0 Å². The fourth-order valence-corrected chi connectivity index (χ4v) is 2.24. The van der Waals surface area contributed by atoms with E-state index in [1.54, 1.807) is 7.11 Å². The van der Waals surface area contributed by atoms with E-state index in [0.29, 0.717) is 5.92 Å². The molecule has 0 unspecified atom stereocenters. The van der Waals surface area contributed by atoms with E-state index in [0.717, 1.165) is 29.3 Å². The Morgan fingerprint density at radius 1 is 1.38 bits per heavy atom. The minimum atomic E-state index is 0.376. The van der Waals surface area contributed by atoms with Crippen molar-refractivity contribution in [3.05, 3.63) is 28.3 Å². The van der Waals surface area contributed by atoms with Crippen LogP contribution < -0.4 is 10.1 Å². The predicted molar refractivity (Wildman–Crippen MR) is 69.7 cm³/mol. The predicted octanol–water partition coefficient (Wildman–Crippen LogP) is 3.23. The van der Waals surface area contributed by atoms with Gasteiger partial charge in [-0.2, -0.15) is 0 Å². The van der Waals surface area contributed by atoms with Gasteiger partial charge in [0.15, 0.2) is 0 Å². The summed E-state index contributed by atoms with van der Waals surface area (Å²) >= 11 is 6.29. The van der Waals surface area contributed by atoms with Crippen LogP contribution in [0.1, 0.15) is 30.9 Å². The molecule has 0 aromatic heterocycles. The van der Waals surface area contributed by atoms with Crippen LogP contribution in [0.15, 0.2) is 12.1 Å². The van der Waals surface area contributed by atoms with Gasteiger partial charge in [0, 0.05) is 10.6 Å². The van der Waals surface area contributed by atoms with Crippen LogP contribution in [-0.4, -0.2) is 20.7 Å². The molecule has 0 atom stereocenters. The van der Waals surface area contributed by atoms with Gasteiger partial charge >= 0.3 is 0 Å². The first-order valence-corrected chi connectivity index (χ1v) is 5.98. The largest absolute Gasteiger partial charge is 0.496 e. The molecule has 0 amide bonds. The van der Waals surface area contributed by atoms with Crippen molar-refractivity contribution in [2.75, 3.05) is 20.7 Å². The normalized spacial score (nSPS) is 10.9. The monoisotopic (exact) mass is 241 g/mol. The highest BCUT2D eigenvalue weighted by atomic mass is 35.5. The second kappa shape index (κ2) is 6.12. The van der Waals surface area contributed by atoms with Crippen LogP contribution in [0.5, 0.6) is 5.75 Å². The molecule has 0 heterocycles. The van der Waals surface area contributed by atoms with Gasteiger partial charge in [0.05, 0.1) is 7.11 Å². The van der Waals surface area contributed by atoms with E-state index < -0.39 is 0 Å². The van der Waals surface area contributed by atoms with Crippen LogP contribution in [0.3, 0.4) is 0 Å². The average Bonchev–Trinajstić information content (AvgIpc) is 2.24. The third kappa shape index (κ3) is 3.13. The molecular weight excluding hydrogens is 222 g/mol. The van der Waals surface area contributed by atoms with Gasteiger partial charge < -0.3 is 10.1 Å². The molecule has 0 saturated carbocycles. The van der Waals surface area contributed by atoms with Gasteiger partial charge in [-0.1, -0.05) is 25.4 Å². The molecule has 16 heavy (non-hydrogen) atoms. The van der Waals surface area contributed by atoms with Crippen molar-refractivity contribution in [3.8, 4) is 5.75 Å². The van der Waals surface area contributed by atoms with Crippen molar-refractivity contribution in [1.82, 2.24) is 5.32 Å².